The predicted octanol–water partition coefficient (Wildman–Crippen LogP) is 2.61. The van der Waals surface area contributed by atoms with Crippen molar-refractivity contribution in [3.05, 3.63) is 38.9 Å². The van der Waals surface area contributed by atoms with Crippen molar-refractivity contribution in [2.75, 3.05) is 6.54 Å². The van der Waals surface area contributed by atoms with E-state index >= 15 is 0 Å². The van der Waals surface area contributed by atoms with E-state index in [2.05, 4.69) is 0 Å². The highest BCUT2D eigenvalue weighted by atomic mass is 35.5. The third kappa shape index (κ3) is 2.87. The topological polar surface area (TPSA) is 69.2 Å². The van der Waals surface area contributed by atoms with Crippen molar-refractivity contribution >= 4 is 17.3 Å². The van der Waals surface area contributed by atoms with Crippen LogP contribution in [0.1, 0.15) is 18.2 Å². The van der Waals surface area contributed by atoms with Crippen molar-refractivity contribution in [2.24, 2.45) is 5.73 Å². The summed E-state index contributed by atoms with van der Waals surface area (Å²) in [6.45, 7) is 0.167. The van der Waals surface area contributed by atoms with Gasteiger partial charge in [-0.3, -0.25) is 10.1 Å². The first-order chi connectivity index (χ1) is 7.06. The quantitative estimate of drug-likeness (QED) is 0.641. The van der Waals surface area contributed by atoms with Gasteiger partial charge in [-0.1, -0.05) is 11.6 Å². The van der Waals surface area contributed by atoms with Gasteiger partial charge in [0.2, 0.25) is 0 Å². The molecule has 4 nitrogen and oxygen atoms in total. The lowest BCUT2D eigenvalue weighted by molar-refractivity contribution is -0.385. The second kappa shape index (κ2) is 5.04. The Kier molecular flexibility index (Phi) is 3.99. The Hall–Kier alpha value is -1.20. The molecule has 0 radical (unpaired) electrons. The standard InChI is InChI=1S/C9H10ClFN2O2/c10-8-2-1-6(13(14)15)5-7(8)9(11)3-4-12/h1-2,5,9H,3-4,12H2. The van der Waals surface area contributed by atoms with Gasteiger partial charge in [-0.2, -0.15) is 0 Å². The van der Waals surface area contributed by atoms with Gasteiger partial charge in [0.1, 0.15) is 6.17 Å². The van der Waals surface area contributed by atoms with E-state index < -0.39 is 11.1 Å². The summed E-state index contributed by atoms with van der Waals surface area (Å²) in [5.74, 6) is 0. The Balaban J connectivity index is 3.04. The summed E-state index contributed by atoms with van der Waals surface area (Å²) in [7, 11) is 0. The Morgan fingerprint density at radius 2 is 2.27 bits per heavy atom. The summed E-state index contributed by atoms with van der Waals surface area (Å²) < 4.78 is 13.5. The number of benzene rings is 1. The smallest absolute Gasteiger partial charge is 0.269 e. The SMILES string of the molecule is NCCC(F)c1cc([N+](=O)[O-])ccc1Cl. The predicted molar refractivity (Wildman–Crippen MR) is 55.6 cm³/mol. The minimum Gasteiger partial charge on any atom is -0.330 e. The molecule has 1 unspecified atom stereocenters. The van der Waals surface area contributed by atoms with Gasteiger partial charge < -0.3 is 5.73 Å². The first-order valence-corrected chi connectivity index (χ1v) is 4.72. The minimum absolute atomic E-state index is 0.0981. The summed E-state index contributed by atoms with van der Waals surface area (Å²) in [5, 5.41) is 10.6. The number of hydrogen-bond acceptors (Lipinski definition) is 3. The largest absolute Gasteiger partial charge is 0.330 e. The zero-order chi connectivity index (χ0) is 11.4. The van der Waals surface area contributed by atoms with Crippen molar-refractivity contribution in [3.8, 4) is 0 Å². The molecule has 1 rings (SSSR count). The number of hydrogen-bond donors (Lipinski definition) is 1. The van der Waals surface area contributed by atoms with Crippen LogP contribution < -0.4 is 5.73 Å². The van der Waals surface area contributed by atoms with Gasteiger partial charge >= 0.3 is 0 Å². The van der Waals surface area contributed by atoms with Crippen LogP contribution in [0.3, 0.4) is 0 Å². The van der Waals surface area contributed by atoms with Crippen LogP contribution >= 0.6 is 11.6 Å². The summed E-state index contributed by atoms with van der Waals surface area (Å²) in [4.78, 5) is 9.87. The van der Waals surface area contributed by atoms with Crippen molar-refractivity contribution < 1.29 is 9.31 Å². The second-order valence-electron chi connectivity index (χ2n) is 3.01. The molecular formula is C9H10ClFN2O2. The van der Waals surface area contributed by atoms with Gasteiger partial charge in [0.05, 0.1) is 4.92 Å². The van der Waals surface area contributed by atoms with Crippen molar-refractivity contribution in [1.29, 1.82) is 0 Å². The maximum absolute atomic E-state index is 13.5. The molecule has 0 fully saturated rings. The van der Waals surface area contributed by atoms with E-state index in [1.165, 1.54) is 12.1 Å². The van der Waals surface area contributed by atoms with E-state index in [0.717, 1.165) is 6.07 Å². The van der Waals surface area contributed by atoms with E-state index in [4.69, 9.17) is 17.3 Å². The highest BCUT2D eigenvalue weighted by molar-refractivity contribution is 6.31. The van der Waals surface area contributed by atoms with Gasteiger partial charge in [0.15, 0.2) is 0 Å². The number of halogens is 2. The minimum atomic E-state index is -1.36. The Morgan fingerprint density at radius 1 is 1.60 bits per heavy atom. The Labute approximate surface area is 91.0 Å². The fourth-order valence-electron chi connectivity index (χ4n) is 1.19. The van der Waals surface area contributed by atoms with Gasteiger partial charge in [-0.05, 0) is 19.0 Å². The van der Waals surface area contributed by atoms with Crippen LogP contribution in [0, 0.1) is 10.1 Å². The van der Waals surface area contributed by atoms with Crippen LogP contribution in [0.15, 0.2) is 18.2 Å². The lowest BCUT2D eigenvalue weighted by Gasteiger charge is -2.08. The van der Waals surface area contributed by atoms with E-state index in [9.17, 15) is 14.5 Å². The van der Waals surface area contributed by atoms with E-state index in [1.54, 1.807) is 0 Å². The van der Waals surface area contributed by atoms with Crippen LogP contribution in [-0.4, -0.2) is 11.5 Å². The summed E-state index contributed by atoms with van der Waals surface area (Å²) in [6, 6.07) is 3.70. The molecule has 1 atom stereocenters. The molecule has 0 aromatic heterocycles. The molecule has 2 N–H and O–H groups in total. The maximum atomic E-state index is 13.5. The molecule has 0 heterocycles. The fourth-order valence-corrected chi connectivity index (χ4v) is 1.42. The molecule has 0 aliphatic heterocycles. The fraction of sp³-hybridized carbons (Fsp3) is 0.333. The van der Waals surface area contributed by atoms with Crippen molar-refractivity contribution in [1.82, 2.24) is 0 Å². The van der Waals surface area contributed by atoms with E-state index in [-0.39, 0.29) is 29.2 Å². The molecule has 15 heavy (non-hydrogen) atoms. The van der Waals surface area contributed by atoms with Crippen LogP contribution in [-0.2, 0) is 0 Å². The second-order valence-corrected chi connectivity index (χ2v) is 3.42. The number of nitro benzene ring substituents is 1. The van der Waals surface area contributed by atoms with Crippen LogP contribution in [0.4, 0.5) is 10.1 Å². The average molecular weight is 233 g/mol. The third-order valence-corrected chi connectivity index (χ3v) is 2.29. The van der Waals surface area contributed by atoms with E-state index in [0.29, 0.717) is 0 Å². The Bertz CT molecular complexity index is 373. The number of rotatable bonds is 4. The average Bonchev–Trinajstić information content (AvgIpc) is 2.18. The molecule has 1 aromatic carbocycles. The van der Waals surface area contributed by atoms with Gasteiger partial charge in [-0.15, -0.1) is 0 Å². The first-order valence-electron chi connectivity index (χ1n) is 4.34. The van der Waals surface area contributed by atoms with Crippen LogP contribution in [0.25, 0.3) is 0 Å². The van der Waals surface area contributed by atoms with Gasteiger partial charge in [0.25, 0.3) is 5.69 Å². The molecule has 0 saturated heterocycles. The molecule has 82 valence electrons. The van der Waals surface area contributed by atoms with Crippen LogP contribution in [0.2, 0.25) is 5.02 Å². The summed E-state index contributed by atoms with van der Waals surface area (Å²) >= 11 is 5.73. The number of non-ortho nitro benzene ring substituents is 1. The molecule has 0 saturated carbocycles. The summed E-state index contributed by atoms with van der Waals surface area (Å²) in [5.41, 5.74) is 5.15. The maximum Gasteiger partial charge on any atom is 0.269 e. The summed E-state index contributed by atoms with van der Waals surface area (Å²) in [6.07, 6.45) is -1.26. The highest BCUT2D eigenvalue weighted by Crippen LogP contribution is 2.31. The molecule has 0 bridgehead atoms. The van der Waals surface area contributed by atoms with E-state index in [1.807, 2.05) is 0 Å². The van der Waals surface area contributed by atoms with Gasteiger partial charge in [0, 0.05) is 22.7 Å². The lowest BCUT2D eigenvalue weighted by Crippen LogP contribution is -2.04. The van der Waals surface area contributed by atoms with Gasteiger partial charge in [-0.25, -0.2) is 4.39 Å². The number of nitrogens with zero attached hydrogens (tertiary/aromatic N) is 1. The molecule has 1 aromatic rings. The normalized spacial score (nSPS) is 12.5. The zero-order valence-electron chi connectivity index (χ0n) is 7.82. The van der Waals surface area contributed by atoms with Crippen molar-refractivity contribution in [2.45, 2.75) is 12.6 Å². The molecule has 0 amide bonds. The lowest BCUT2D eigenvalue weighted by atomic mass is 10.1. The highest BCUT2D eigenvalue weighted by Gasteiger charge is 2.16. The number of nitrogens with two attached hydrogens (primary N) is 1. The molecule has 0 aliphatic carbocycles. The molecule has 0 aliphatic rings. The van der Waals surface area contributed by atoms with Crippen molar-refractivity contribution in [3.63, 3.8) is 0 Å². The Morgan fingerprint density at radius 3 is 2.80 bits per heavy atom. The molecule has 6 heteroatoms. The number of alkyl halides is 1. The molecule has 0 spiro atoms. The van der Waals surface area contributed by atoms with Crippen LogP contribution in [0.5, 0.6) is 0 Å². The zero-order valence-corrected chi connectivity index (χ0v) is 8.58. The first kappa shape index (κ1) is 11.9. The molecular weight excluding hydrogens is 223 g/mol. The monoisotopic (exact) mass is 232 g/mol. The third-order valence-electron chi connectivity index (χ3n) is 1.95. The number of nitro groups is 1.